The van der Waals surface area contributed by atoms with Crippen LogP contribution in [0.25, 0.3) is 0 Å². The first-order valence-corrected chi connectivity index (χ1v) is 6.79. The second-order valence-corrected chi connectivity index (χ2v) is 6.09. The number of carboxylic acid groups (broad SMARTS) is 1. The standard InChI is InChI=1S/C11H13NO7S/c1-11(16,20(17,18)19)6-9(13)12-8-4-2-7(3-5-8)10(14)15/h2-5,16H,6H2,1H3,(H,12,13)(H,14,15)(H,17,18,19). The van der Waals surface area contributed by atoms with E-state index in [1.807, 2.05) is 0 Å². The zero-order valence-corrected chi connectivity index (χ0v) is 11.2. The molecule has 20 heavy (non-hydrogen) atoms. The average molecular weight is 303 g/mol. The van der Waals surface area contributed by atoms with Crippen LogP contribution in [0.4, 0.5) is 5.69 Å². The highest BCUT2D eigenvalue weighted by molar-refractivity contribution is 7.87. The maximum absolute atomic E-state index is 11.5. The molecule has 1 unspecified atom stereocenters. The average Bonchev–Trinajstić information content (AvgIpc) is 2.27. The lowest BCUT2D eigenvalue weighted by molar-refractivity contribution is -0.118. The van der Waals surface area contributed by atoms with E-state index in [1.54, 1.807) is 0 Å². The van der Waals surface area contributed by atoms with Crippen LogP contribution >= 0.6 is 0 Å². The van der Waals surface area contributed by atoms with Crippen LogP contribution in [0.3, 0.4) is 0 Å². The molecule has 0 fully saturated rings. The molecule has 0 bridgehead atoms. The molecule has 0 spiro atoms. The van der Waals surface area contributed by atoms with Crippen molar-refractivity contribution in [1.29, 1.82) is 0 Å². The summed E-state index contributed by atoms with van der Waals surface area (Å²) in [6.45, 7) is 0.787. The number of aliphatic hydroxyl groups is 1. The number of carbonyl (C=O) groups is 2. The summed E-state index contributed by atoms with van der Waals surface area (Å²) in [5.74, 6) is -1.98. The molecular weight excluding hydrogens is 290 g/mol. The zero-order chi connectivity index (χ0) is 15.6. The van der Waals surface area contributed by atoms with Crippen molar-refractivity contribution >= 4 is 27.7 Å². The molecule has 0 saturated heterocycles. The number of aromatic carboxylic acids is 1. The van der Waals surface area contributed by atoms with Crippen molar-refractivity contribution in [2.24, 2.45) is 0 Å². The Morgan fingerprint density at radius 2 is 1.75 bits per heavy atom. The minimum absolute atomic E-state index is 0.0212. The fourth-order valence-electron chi connectivity index (χ4n) is 1.29. The van der Waals surface area contributed by atoms with Gasteiger partial charge >= 0.3 is 5.97 Å². The van der Waals surface area contributed by atoms with Gasteiger partial charge in [0.25, 0.3) is 10.1 Å². The van der Waals surface area contributed by atoms with Crippen LogP contribution in [0.2, 0.25) is 0 Å². The molecule has 0 heterocycles. The number of carbonyl (C=O) groups excluding carboxylic acids is 1. The molecular formula is C11H13NO7S. The van der Waals surface area contributed by atoms with Crippen molar-refractivity contribution in [3.63, 3.8) is 0 Å². The molecule has 0 aliphatic heterocycles. The molecule has 4 N–H and O–H groups in total. The van der Waals surface area contributed by atoms with Gasteiger partial charge in [0, 0.05) is 5.69 Å². The normalized spacial score (nSPS) is 14.3. The largest absolute Gasteiger partial charge is 0.478 e. The zero-order valence-electron chi connectivity index (χ0n) is 10.4. The fraction of sp³-hybridized carbons (Fsp3) is 0.273. The Morgan fingerprint density at radius 1 is 1.25 bits per heavy atom. The van der Waals surface area contributed by atoms with E-state index in [-0.39, 0.29) is 11.3 Å². The van der Waals surface area contributed by atoms with Gasteiger partial charge in [0.15, 0.2) is 4.93 Å². The number of anilines is 1. The number of rotatable bonds is 5. The third-order valence-electron chi connectivity index (χ3n) is 2.46. The lowest BCUT2D eigenvalue weighted by Crippen LogP contribution is -2.38. The molecule has 1 atom stereocenters. The quantitative estimate of drug-likeness (QED) is 0.573. The maximum atomic E-state index is 11.5. The molecule has 1 aromatic rings. The molecule has 0 aliphatic rings. The molecule has 9 heteroatoms. The van der Waals surface area contributed by atoms with Gasteiger partial charge < -0.3 is 15.5 Å². The Bertz CT molecular complexity index is 619. The first kappa shape index (κ1) is 16.1. The number of nitrogens with one attached hydrogen (secondary N) is 1. The SMILES string of the molecule is CC(O)(CC(=O)Nc1ccc(C(=O)O)cc1)S(=O)(=O)O. The Balaban J connectivity index is 2.75. The van der Waals surface area contributed by atoms with Crippen molar-refractivity contribution in [3.05, 3.63) is 29.8 Å². The smallest absolute Gasteiger partial charge is 0.335 e. The monoisotopic (exact) mass is 303 g/mol. The minimum Gasteiger partial charge on any atom is -0.478 e. The number of benzene rings is 1. The van der Waals surface area contributed by atoms with Gasteiger partial charge in [-0.05, 0) is 31.2 Å². The van der Waals surface area contributed by atoms with E-state index in [1.165, 1.54) is 24.3 Å². The Labute approximate surface area is 114 Å². The maximum Gasteiger partial charge on any atom is 0.335 e. The summed E-state index contributed by atoms with van der Waals surface area (Å²) < 4.78 is 30.4. The summed E-state index contributed by atoms with van der Waals surface area (Å²) in [6, 6.07) is 5.12. The van der Waals surface area contributed by atoms with Gasteiger partial charge in [0.05, 0.1) is 12.0 Å². The molecule has 0 aromatic heterocycles. The van der Waals surface area contributed by atoms with Gasteiger partial charge in [-0.15, -0.1) is 0 Å². The third-order valence-corrected chi connectivity index (χ3v) is 3.72. The van der Waals surface area contributed by atoms with Gasteiger partial charge in [0.1, 0.15) is 0 Å². The lowest BCUT2D eigenvalue weighted by atomic mass is 10.2. The molecule has 8 nitrogen and oxygen atoms in total. The van der Waals surface area contributed by atoms with E-state index in [4.69, 9.17) is 9.66 Å². The summed E-state index contributed by atoms with van der Waals surface area (Å²) in [4.78, 5) is 19.5. The summed E-state index contributed by atoms with van der Waals surface area (Å²) in [5.41, 5.74) is 0.249. The number of amides is 1. The molecule has 1 aromatic carbocycles. The highest BCUT2D eigenvalue weighted by atomic mass is 32.2. The van der Waals surface area contributed by atoms with E-state index >= 15 is 0 Å². The van der Waals surface area contributed by atoms with E-state index in [2.05, 4.69) is 5.32 Å². The summed E-state index contributed by atoms with van der Waals surface area (Å²) in [7, 11) is -4.79. The van der Waals surface area contributed by atoms with Crippen LogP contribution in [0.15, 0.2) is 24.3 Å². The molecule has 1 rings (SSSR count). The highest BCUT2D eigenvalue weighted by Gasteiger charge is 2.37. The third kappa shape index (κ3) is 4.02. The predicted octanol–water partition coefficient (Wildman–Crippen LogP) is 0.310. The first-order chi connectivity index (χ1) is 9.03. The van der Waals surface area contributed by atoms with Crippen LogP contribution in [0.5, 0.6) is 0 Å². The summed E-state index contributed by atoms with van der Waals surface area (Å²) >= 11 is 0. The van der Waals surface area contributed by atoms with Crippen molar-refractivity contribution in [2.45, 2.75) is 18.3 Å². The molecule has 0 radical (unpaired) electrons. The van der Waals surface area contributed by atoms with Crippen LogP contribution in [0, 0.1) is 0 Å². The van der Waals surface area contributed by atoms with E-state index in [0.29, 0.717) is 0 Å². The molecule has 0 saturated carbocycles. The molecule has 110 valence electrons. The Kier molecular flexibility index (Phi) is 4.48. The van der Waals surface area contributed by atoms with Crippen molar-refractivity contribution < 1.29 is 32.8 Å². The summed E-state index contributed by atoms with van der Waals surface area (Å²) in [5, 5.41) is 20.4. The topological polar surface area (TPSA) is 141 Å². The van der Waals surface area contributed by atoms with Crippen molar-refractivity contribution in [3.8, 4) is 0 Å². The van der Waals surface area contributed by atoms with Crippen LogP contribution in [-0.2, 0) is 14.9 Å². The fourth-order valence-corrected chi connectivity index (χ4v) is 1.60. The molecule has 0 aliphatic carbocycles. The Hall–Kier alpha value is -1.97. The minimum atomic E-state index is -4.79. The van der Waals surface area contributed by atoms with E-state index in [9.17, 15) is 23.1 Å². The summed E-state index contributed by atoms with van der Waals surface area (Å²) in [6.07, 6.45) is -0.869. The van der Waals surface area contributed by atoms with Crippen molar-refractivity contribution in [1.82, 2.24) is 0 Å². The second kappa shape index (κ2) is 5.57. The van der Waals surface area contributed by atoms with Gasteiger partial charge in [-0.1, -0.05) is 0 Å². The molecule has 1 amide bonds. The van der Waals surface area contributed by atoms with Gasteiger partial charge in [0.2, 0.25) is 5.91 Å². The predicted molar refractivity (Wildman–Crippen MR) is 68.8 cm³/mol. The van der Waals surface area contributed by atoms with Crippen LogP contribution < -0.4 is 5.32 Å². The first-order valence-electron chi connectivity index (χ1n) is 5.35. The van der Waals surface area contributed by atoms with Crippen LogP contribution in [0.1, 0.15) is 23.7 Å². The van der Waals surface area contributed by atoms with Crippen LogP contribution in [-0.4, -0.2) is 40.0 Å². The van der Waals surface area contributed by atoms with Gasteiger partial charge in [-0.3, -0.25) is 9.35 Å². The lowest BCUT2D eigenvalue weighted by Gasteiger charge is -2.18. The highest BCUT2D eigenvalue weighted by Crippen LogP contribution is 2.18. The van der Waals surface area contributed by atoms with E-state index in [0.717, 1.165) is 6.92 Å². The van der Waals surface area contributed by atoms with E-state index < -0.39 is 33.3 Å². The number of hydrogen-bond acceptors (Lipinski definition) is 5. The van der Waals surface area contributed by atoms with Gasteiger partial charge in [-0.2, -0.15) is 8.42 Å². The van der Waals surface area contributed by atoms with Gasteiger partial charge in [-0.25, -0.2) is 4.79 Å². The van der Waals surface area contributed by atoms with Crippen molar-refractivity contribution in [2.75, 3.05) is 5.32 Å². The second-order valence-electron chi connectivity index (χ2n) is 4.26. The Morgan fingerprint density at radius 3 is 2.15 bits per heavy atom. The number of carboxylic acids is 1. The number of hydrogen-bond donors (Lipinski definition) is 4.